The van der Waals surface area contributed by atoms with E-state index in [1.807, 2.05) is 24.3 Å². The summed E-state index contributed by atoms with van der Waals surface area (Å²) in [6.07, 6.45) is 0.657. The lowest BCUT2D eigenvalue weighted by Gasteiger charge is -2.26. The molecule has 0 aliphatic carbocycles. The molecular weight excluding hydrogens is 270 g/mol. The molecule has 0 bridgehead atoms. The van der Waals surface area contributed by atoms with Crippen LogP contribution in [0.2, 0.25) is 0 Å². The van der Waals surface area contributed by atoms with Crippen molar-refractivity contribution >= 4 is 0 Å². The van der Waals surface area contributed by atoms with Crippen molar-refractivity contribution in [3.05, 3.63) is 29.8 Å². The number of hydrogen-bond donors (Lipinski definition) is 3. The molecule has 0 saturated carbocycles. The largest absolute Gasteiger partial charge is 0.491 e. The number of methoxy groups -OCH3 is 1. The maximum absolute atomic E-state index is 10.1. The second-order valence-corrected chi connectivity index (χ2v) is 5.41. The van der Waals surface area contributed by atoms with Gasteiger partial charge in [-0.15, -0.1) is 0 Å². The van der Waals surface area contributed by atoms with Crippen molar-refractivity contribution in [2.24, 2.45) is 0 Å². The lowest BCUT2D eigenvalue weighted by atomic mass is 10.1. The number of fused-ring (bicyclic) bond motifs is 1. The third-order valence-corrected chi connectivity index (χ3v) is 3.86. The monoisotopic (exact) mass is 295 g/mol. The first kappa shape index (κ1) is 16.2. The molecule has 1 aliphatic rings. The van der Waals surface area contributed by atoms with Gasteiger partial charge in [-0.1, -0.05) is 18.2 Å². The Kier molecular flexibility index (Phi) is 6.45. The van der Waals surface area contributed by atoms with Crippen LogP contribution >= 0.6 is 0 Å². The van der Waals surface area contributed by atoms with Gasteiger partial charge in [0.25, 0.3) is 0 Å². The van der Waals surface area contributed by atoms with E-state index < -0.39 is 18.3 Å². The van der Waals surface area contributed by atoms with Gasteiger partial charge in [-0.25, -0.2) is 0 Å². The van der Waals surface area contributed by atoms with Gasteiger partial charge in [0.15, 0.2) is 0 Å². The van der Waals surface area contributed by atoms with Crippen molar-refractivity contribution in [2.45, 2.75) is 37.6 Å². The van der Waals surface area contributed by atoms with Gasteiger partial charge in [0, 0.05) is 13.7 Å². The minimum absolute atomic E-state index is 0.0536. The summed E-state index contributed by atoms with van der Waals surface area (Å²) in [5, 5.41) is 23.5. The molecule has 1 aromatic rings. The van der Waals surface area contributed by atoms with Crippen molar-refractivity contribution in [3.8, 4) is 5.75 Å². The van der Waals surface area contributed by atoms with Crippen molar-refractivity contribution in [2.75, 3.05) is 26.8 Å². The highest BCUT2D eigenvalue weighted by molar-refractivity contribution is 5.33. The average molecular weight is 295 g/mol. The third-order valence-electron chi connectivity index (χ3n) is 3.86. The molecule has 3 N–H and O–H groups in total. The number of aliphatic hydroxyl groups excluding tert-OH is 2. The maximum atomic E-state index is 10.1. The molecule has 0 spiro atoms. The number of rotatable bonds is 1. The molecule has 0 fully saturated rings. The summed E-state index contributed by atoms with van der Waals surface area (Å²) in [5.74, 6) is 0.782. The first-order valence-electron chi connectivity index (χ1n) is 7.52. The second-order valence-electron chi connectivity index (χ2n) is 5.41. The highest BCUT2D eigenvalue weighted by Gasteiger charge is 2.27. The molecule has 0 radical (unpaired) electrons. The van der Waals surface area contributed by atoms with Gasteiger partial charge in [0.05, 0.1) is 6.10 Å². The SMILES string of the molecule is CO[C@H]1CNCCCCc2ccccc2OC[C@@H](O)[C@H]1O. The first-order valence-corrected chi connectivity index (χ1v) is 7.52. The van der Waals surface area contributed by atoms with Crippen LogP contribution < -0.4 is 10.1 Å². The summed E-state index contributed by atoms with van der Waals surface area (Å²) in [4.78, 5) is 0. The molecule has 118 valence electrons. The Labute approximate surface area is 125 Å². The molecule has 0 amide bonds. The van der Waals surface area contributed by atoms with Crippen molar-refractivity contribution < 1.29 is 19.7 Å². The van der Waals surface area contributed by atoms with Gasteiger partial charge in [-0.3, -0.25) is 0 Å². The Morgan fingerprint density at radius 1 is 1.24 bits per heavy atom. The normalized spacial score (nSPS) is 28.4. The number of hydrogen-bond acceptors (Lipinski definition) is 5. The zero-order chi connectivity index (χ0) is 15.1. The van der Waals surface area contributed by atoms with Gasteiger partial charge < -0.3 is 25.0 Å². The fraction of sp³-hybridized carbons (Fsp3) is 0.625. The summed E-state index contributed by atoms with van der Waals surface area (Å²) in [5.41, 5.74) is 1.14. The standard InChI is InChI=1S/C16H25NO4/c1-20-15-10-17-9-5-4-7-12-6-2-3-8-14(12)21-11-13(18)16(15)19/h2-3,6,8,13,15-19H,4-5,7,9-11H2,1H3/t13-,15+,16-/m1/s1. The summed E-state index contributed by atoms with van der Waals surface area (Å²) < 4.78 is 10.9. The van der Waals surface area contributed by atoms with Crippen LogP contribution in [0.15, 0.2) is 24.3 Å². The number of nitrogens with one attached hydrogen (secondary N) is 1. The topological polar surface area (TPSA) is 71.0 Å². The number of ether oxygens (including phenoxy) is 2. The molecule has 5 nitrogen and oxygen atoms in total. The Hall–Kier alpha value is -1.14. The van der Waals surface area contributed by atoms with Crippen LogP contribution in [0.1, 0.15) is 18.4 Å². The lowest BCUT2D eigenvalue weighted by Crippen LogP contribution is -2.46. The number of aliphatic hydroxyl groups is 2. The minimum atomic E-state index is -0.981. The quantitative estimate of drug-likeness (QED) is 0.712. The van der Waals surface area contributed by atoms with E-state index in [-0.39, 0.29) is 6.61 Å². The Bertz CT molecular complexity index is 426. The number of para-hydroxylation sites is 1. The molecule has 5 heteroatoms. The van der Waals surface area contributed by atoms with Crippen LogP contribution in [0.3, 0.4) is 0 Å². The van der Waals surface area contributed by atoms with Crippen LogP contribution in [-0.4, -0.2) is 55.3 Å². The minimum Gasteiger partial charge on any atom is -0.491 e. The fourth-order valence-electron chi connectivity index (χ4n) is 2.53. The van der Waals surface area contributed by atoms with Crippen LogP contribution in [-0.2, 0) is 11.2 Å². The summed E-state index contributed by atoms with van der Waals surface area (Å²) in [6.45, 7) is 1.44. The number of benzene rings is 1. The van der Waals surface area contributed by atoms with Crippen LogP contribution in [0, 0.1) is 0 Å². The van der Waals surface area contributed by atoms with Gasteiger partial charge >= 0.3 is 0 Å². The van der Waals surface area contributed by atoms with Crippen LogP contribution in [0.5, 0.6) is 5.75 Å². The van der Waals surface area contributed by atoms with E-state index >= 15 is 0 Å². The molecule has 21 heavy (non-hydrogen) atoms. The van der Waals surface area contributed by atoms with E-state index in [2.05, 4.69) is 5.32 Å². The van der Waals surface area contributed by atoms with E-state index in [9.17, 15) is 10.2 Å². The van der Waals surface area contributed by atoms with Gasteiger partial charge in [-0.2, -0.15) is 0 Å². The van der Waals surface area contributed by atoms with Gasteiger partial charge in [0.1, 0.15) is 24.6 Å². The Balaban J connectivity index is 2.09. The molecule has 2 rings (SSSR count). The maximum Gasteiger partial charge on any atom is 0.122 e. The van der Waals surface area contributed by atoms with E-state index in [0.29, 0.717) is 6.54 Å². The molecule has 3 atom stereocenters. The zero-order valence-electron chi connectivity index (χ0n) is 12.5. The molecule has 0 saturated heterocycles. The molecule has 1 aliphatic heterocycles. The average Bonchev–Trinajstić information content (AvgIpc) is 2.52. The smallest absolute Gasteiger partial charge is 0.122 e. The molecule has 0 unspecified atom stereocenters. The van der Waals surface area contributed by atoms with Gasteiger partial charge in [-0.05, 0) is 37.4 Å². The van der Waals surface area contributed by atoms with Crippen molar-refractivity contribution in [1.29, 1.82) is 0 Å². The molecular formula is C16H25NO4. The Morgan fingerprint density at radius 2 is 2.05 bits per heavy atom. The zero-order valence-corrected chi connectivity index (χ0v) is 12.5. The predicted octanol–water partition coefficient (Wildman–Crippen LogP) is 0.728. The molecule has 1 aromatic carbocycles. The van der Waals surface area contributed by atoms with Crippen LogP contribution in [0.4, 0.5) is 0 Å². The number of aryl methyl sites for hydroxylation is 1. The summed E-state index contributed by atoms with van der Waals surface area (Å²) in [7, 11) is 1.54. The molecule has 1 heterocycles. The molecule has 0 aromatic heterocycles. The second kappa shape index (κ2) is 8.34. The van der Waals surface area contributed by atoms with E-state index in [1.165, 1.54) is 7.11 Å². The van der Waals surface area contributed by atoms with Crippen molar-refractivity contribution in [1.82, 2.24) is 5.32 Å². The predicted molar refractivity (Wildman–Crippen MR) is 80.6 cm³/mol. The van der Waals surface area contributed by atoms with E-state index in [1.54, 1.807) is 0 Å². The first-order chi connectivity index (χ1) is 10.2. The van der Waals surface area contributed by atoms with E-state index in [4.69, 9.17) is 9.47 Å². The van der Waals surface area contributed by atoms with Crippen molar-refractivity contribution in [3.63, 3.8) is 0 Å². The fourth-order valence-corrected chi connectivity index (χ4v) is 2.53. The van der Waals surface area contributed by atoms with E-state index in [0.717, 1.165) is 37.1 Å². The van der Waals surface area contributed by atoms with Gasteiger partial charge in [0.2, 0.25) is 0 Å². The third kappa shape index (κ3) is 4.68. The summed E-state index contributed by atoms with van der Waals surface area (Å²) >= 11 is 0. The highest BCUT2D eigenvalue weighted by atomic mass is 16.5. The summed E-state index contributed by atoms with van der Waals surface area (Å²) in [6, 6.07) is 7.85. The highest BCUT2D eigenvalue weighted by Crippen LogP contribution is 2.21. The lowest BCUT2D eigenvalue weighted by molar-refractivity contribution is -0.0850. The van der Waals surface area contributed by atoms with Crippen LogP contribution in [0.25, 0.3) is 0 Å². The Morgan fingerprint density at radius 3 is 2.86 bits per heavy atom.